The first-order chi connectivity index (χ1) is 17.3. The van der Waals surface area contributed by atoms with Gasteiger partial charge in [-0.3, -0.25) is 4.79 Å². The largest absolute Gasteiger partial charge is 0.465 e. The van der Waals surface area contributed by atoms with Crippen molar-refractivity contribution in [1.82, 2.24) is 5.32 Å². The van der Waals surface area contributed by atoms with Gasteiger partial charge >= 0.3 is 5.97 Å². The summed E-state index contributed by atoms with van der Waals surface area (Å²) in [6.45, 7) is 4.64. The highest BCUT2D eigenvalue weighted by atomic mass is 16.6. The predicted molar refractivity (Wildman–Crippen MR) is 137 cm³/mol. The molecule has 1 fully saturated rings. The number of dihydropyridines is 1. The van der Waals surface area contributed by atoms with Crippen molar-refractivity contribution in [1.29, 1.82) is 0 Å². The lowest BCUT2D eigenvalue weighted by Crippen LogP contribution is -2.36. The van der Waals surface area contributed by atoms with Crippen LogP contribution in [0.3, 0.4) is 0 Å². The van der Waals surface area contributed by atoms with Crippen LogP contribution >= 0.6 is 0 Å². The molecule has 3 heterocycles. The molecule has 0 bridgehead atoms. The van der Waals surface area contributed by atoms with Gasteiger partial charge in [0.15, 0.2) is 5.78 Å². The molecule has 7 nitrogen and oxygen atoms in total. The molecule has 2 aliphatic heterocycles. The second-order valence-corrected chi connectivity index (χ2v) is 10.2. The molecule has 2 aromatic rings. The zero-order chi connectivity index (χ0) is 25.4. The quantitative estimate of drug-likeness (QED) is 0.586. The Morgan fingerprint density at radius 3 is 2.53 bits per heavy atom. The Hall–Kier alpha value is -3.32. The number of carbonyl (C=O) groups excluding carboxylic acids is 2. The maximum absolute atomic E-state index is 13.7. The summed E-state index contributed by atoms with van der Waals surface area (Å²) < 4.78 is 17.3. The Balaban J connectivity index is 1.45. The predicted octanol–water partition coefficient (Wildman–Crippen LogP) is 4.74. The number of anilines is 1. The molecule has 36 heavy (non-hydrogen) atoms. The highest BCUT2D eigenvalue weighted by Gasteiger charge is 2.43. The van der Waals surface area contributed by atoms with Gasteiger partial charge in [-0.1, -0.05) is 12.1 Å². The third kappa shape index (κ3) is 4.72. The number of ether oxygens (including phenoxy) is 2. The molecule has 0 amide bonds. The van der Waals surface area contributed by atoms with Gasteiger partial charge in [0.05, 0.1) is 17.6 Å². The van der Waals surface area contributed by atoms with Crippen LogP contribution in [-0.4, -0.2) is 45.2 Å². The van der Waals surface area contributed by atoms with E-state index in [4.69, 9.17) is 13.9 Å². The number of allylic oxidation sites excluding steroid dienone is 3. The Morgan fingerprint density at radius 1 is 1.11 bits per heavy atom. The van der Waals surface area contributed by atoms with E-state index in [9.17, 15) is 9.59 Å². The molecule has 7 heteroatoms. The summed E-state index contributed by atoms with van der Waals surface area (Å²) in [5.74, 6) is 0.401. The van der Waals surface area contributed by atoms with Gasteiger partial charge in [0, 0.05) is 49.8 Å². The van der Waals surface area contributed by atoms with Crippen molar-refractivity contribution >= 4 is 17.4 Å². The van der Waals surface area contributed by atoms with Gasteiger partial charge in [0.2, 0.25) is 0 Å². The zero-order valence-electron chi connectivity index (χ0n) is 21.4. The normalized spacial score (nSPS) is 24.0. The third-order valence-corrected chi connectivity index (χ3v) is 7.40. The molecule has 3 aliphatic rings. The van der Waals surface area contributed by atoms with Gasteiger partial charge in [0.25, 0.3) is 0 Å². The number of hydrogen-bond donors (Lipinski definition) is 1. The van der Waals surface area contributed by atoms with Gasteiger partial charge in [0.1, 0.15) is 18.1 Å². The SMILES string of the molecule is CC1=C(C(=O)OC[C@H]2CCCO2)[C@@H](c2ccc(C)o2)C2=C(C[C@H](c3ccc(N(C)C)cc3)CC2=O)N1. The van der Waals surface area contributed by atoms with E-state index in [1.807, 2.05) is 40.1 Å². The van der Waals surface area contributed by atoms with E-state index in [0.29, 0.717) is 42.1 Å². The first-order valence-electron chi connectivity index (χ1n) is 12.7. The van der Waals surface area contributed by atoms with Crippen LogP contribution in [0.25, 0.3) is 0 Å². The number of aryl methyl sites for hydroxylation is 1. The molecule has 1 saturated heterocycles. The summed E-state index contributed by atoms with van der Waals surface area (Å²) in [7, 11) is 4.02. The highest BCUT2D eigenvalue weighted by Crippen LogP contribution is 2.46. The lowest BCUT2D eigenvalue weighted by atomic mass is 9.73. The van der Waals surface area contributed by atoms with Crippen molar-refractivity contribution in [3.8, 4) is 0 Å². The molecule has 0 unspecified atom stereocenters. The zero-order valence-corrected chi connectivity index (χ0v) is 21.4. The first-order valence-corrected chi connectivity index (χ1v) is 12.7. The van der Waals surface area contributed by atoms with Crippen LogP contribution < -0.4 is 10.2 Å². The molecule has 0 spiro atoms. The number of benzene rings is 1. The molecule has 190 valence electrons. The number of esters is 1. The Labute approximate surface area is 212 Å². The number of nitrogens with zero attached hydrogens (tertiary/aromatic N) is 1. The minimum Gasteiger partial charge on any atom is -0.465 e. The van der Waals surface area contributed by atoms with Gasteiger partial charge in [-0.2, -0.15) is 0 Å². The lowest BCUT2D eigenvalue weighted by Gasteiger charge is -2.36. The van der Waals surface area contributed by atoms with Gasteiger partial charge in [-0.15, -0.1) is 0 Å². The number of furan rings is 1. The Morgan fingerprint density at radius 2 is 1.89 bits per heavy atom. The summed E-state index contributed by atoms with van der Waals surface area (Å²) >= 11 is 0. The van der Waals surface area contributed by atoms with Crippen LogP contribution in [-0.2, 0) is 19.1 Å². The van der Waals surface area contributed by atoms with E-state index in [0.717, 1.165) is 35.5 Å². The van der Waals surface area contributed by atoms with E-state index < -0.39 is 11.9 Å². The first kappa shape index (κ1) is 24.4. The molecular formula is C29H34N2O5. The van der Waals surface area contributed by atoms with Crippen LogP contribution in [0, 0.1) is 6.92 Å². The van der Waals surface area contributed by atoms with Gasteiger partial charge < -0.3 is 24.1 Å². The second kappa shape index (κ2) is 9.97. The number of hydrogen-bond acceptors (Lipinski definition) is 7. The standard InChI is InChI=1S/C29H34N2O5/c1-17-7-12-25(36-17)28-26(29(33)35-16-22-6-5-13-34-22)18(2)30-23-14-20(15-24(32)27(23)28)19-8-10-21(11-9-19)31(3)4/h7-12,20,22,28,30H,5-6,13-16H2,1-4H3/t20-,22+,28+/m0/s1. The fraction of sp³-hybridized carbons (Fsp3) is 0.448. The third-order valence-electron chi connectivity index (χ3n) is 7.40. The van der Waals surface area contributed by atoms with Crippen molar-refractivity contribution in [3.63, 3.8) is 0 Å². The molecular weight excluding hydrogens is 456 g/mol. The van der Waals surface area contributed by atoms with Crippen molar-refractivity contribution < 1.29 is 23.5 Å². The monoisotopic (exact) mass is 490 g/mol. The van der Waals surface area contributed by atoms with E-state index in [1.54, 1.807) is 0 Å². The summed E-state index contributed by atoms with van der Waals surface area (Å²) in [5, 5.41) is 3.40. The minimum atomic E-state index is -0.587. The number of carbonyl (C=O) groups is 2. The summed E-state index contributed by atoms with van der Waals surface area (Å²) in [4.78, 5) is 29.1. The molecule has 1 aromatic carbocycles. The van der Waals surface area contributed by atoms with Crippen molar-refractivity contribution in [2.45, 2.75) is 57.5 Å². The Kier molecular flexibility index (Phi) is 6.75. The second-order valence-electron chi connectivity index (χ2n) is 10.2. The van der Waals surface area contributed by atoms with E-state index in [1.165, 1.54) is 0 Å². The molecule has 1 N–H and O–H groups in total. The molecule has 1 aliphatic carbocycles. The number of Topliss-reactive ketones (excluding diaryl/α,β-unsaturated/α-hetero) is 1. The summed E-state index contributed by atoms with van der Waals surface area (Å²) in [6.07, 6.45) is 2.86. The molecule has 0 saturated carbocycles. The van der Waals surface area contributed by atoms with Crippen LogP contribution in [0.4, 0.5) is 5.69 Å². The van der Waals surface area contributed by atoms with E-state index in [2.05, 4.69) is 34.5 Å². The van der Waals surface area contributed by atoms with Gasteiger partial charge in [-0.25, -0.2) is 4.79 Å². The molecule has 3 atom stereocenters. The van der Waals surface area contributed by atoms with Crippen LogP contribution in [0.15, 0.2) is 63.4 Å². The topological polar surface area (TPSA) is 81.0 Å². The van der Waals surface area contributed by atoms with Crippen molar-refractivity contribution in [2.75, 3.05) is 32.2 Å². The van der Waals surface area contributed by atoms with Crippen LogP contribution in [0.5, 0.6) is 0 Å². The molecule has 0 radical (unpaired) electrons. The lowest BCUT2D eigenvalue weighted by molar-refractivity contribution is -0.142. The summed E-state index contributed by atoms with van der Waals surface area (Å²) in [6, 6.07) is 12.1. The molecule has 5 rings (SSSR count). The number of rotatable bonds is 6. The number of ketones is 1. The van der Waals surface area contributed by atoms with Gasteiger partial charge in [-0.05, 0) is 68.9 Å². The Bertz CT molecular complexity index is 1210. The van der Waals surface area contributed by atoms with Crippen LogP contribution in [0.1, 0.15) is 61.5 Å². The van der Waals surface area contributed by atoms with Crippen LogP contribution in [0.2, 0.25) is 0 Å². The minimum absolute atomic E-state index is 0.0291. The van der Waals surface area contributed by atoms with Crippen molar-refractivity contribution in [3.05, 3.63) is 76.0 Å². The fourth-order valence-corrected chi connectivity index (χ4v) is 5.51. The average molecular weight is 491 g/mol. The number of nitrogens with one attached hydrogen (secondary N) is 1. The summed E-state index contributed by atoms with van der Waals surface area (Å²) in [5.41, 5.74) is 4.86. The van der Waals surface area contributed by atoms with E-state index in [-0.39, 0.29) is 24.4 Å². The average Bonchev–Trinajstić information content (AvgIpc) is 3.53. The fourth-order valence-electron chi connectivity index (χ4n) is 5.51. The maximum Gasteiger partial charge on any atom is 0.336 e. The maximum atomic E-state index is 13.7. The highest BCUT2D eigenvalue weighted by molar-refractivity contribution is 6.04. The smallest absolute Gasteiger partial charge is 0.336 e. The molecule has 1 aromatic heterocycles. The van der Waals surface area contributed by atoms with Crippen molar-refractivity contribution in [2.24, 2.45) is 0 Å². The van der Waals surface area contributed by atoms with E-state index >= 15 is 0 Å².